The van der Waals surface area contributed by atoms with Gasteiger partial charge in [-0.05, 0) is 59.9 Å². The first-order chi connectivity index (χ1) is 12.3. The molecule has 0 aliphatic rings. The third-order valence-corrected chi connectivity index (χ3v) is 5.10. The minimum absolute atomic E-state index is 0.616. The zero-order chi connectivity index (χ0) is 19.0. The van der Waals surface area contributed by atoms with Crippen LogP contribution in [-0.4, -0.2) is 0 Å². The lowest BCUT2D eigenvalue weighted by atomic mass is 9.94. The van der Waals surface area contributed by atoms with Crippen molar-refractivity contribution in [3.63, 3.8) is 0 Å². The lowest BCUT2D eigenvalue weighted by Gasteiger charge is -2.13. The SMILES string of the molecule is [2H]c1c(C)[n+](C)c(-c2cc(CC)ccc2C)c2ccc(CC(C)C)cc12. The quantitative estimate of drug-likeness (QED) is 0.538. The fraction of sp³-hybridized carbons (Fsp3) is 0.375. The Labute approximate surface area is 153 Å². The molecule has 1 heterocycles. The lowest BCUT2D eigenvalue weighted by Crippen LogP contribution is -2.35. The molecule has 0 radical (unpaired) electrons. The van der Waals surface area contributed by atoms with E-state index in [2.05, 4.69) is 82.6 Å². The third-order valence-electron chi connectivity index (χ3n) is 5.10. The van der Waals surface area contributed by atoms with E-state index in [4.69, 9.17) is 1.37 Å². The molecule has 0 atom stereocenters. The zero-order valence-electron chi connectivity index (χ0n) is 17.4. The Bertz CT molecular complexity index is 970. The Balaban J connectivity index is 2.35. The summed E-state index contributed by atoms with van der Waals surface area (Å²) < 4.78 is 10.9. The highest BCUT2D eigenvalue weighted by molar-refractivity contribution is 5.94. The molecule has 0 amide bonds. The highest BCUT2D eigenvalue weighted by Gasteiger charge is 2.20. The van der Waals surface area contributed by atoms with Gasteiger partial charge in [-0.2, -0.15) is 4.57 Å². The number of rotatable bonds is 4. The molecule has 0 aliphatic carbocycles. The highest BCUT2D eigenvalue weighted by atomic mass is 14.9. The van der Waals surface area contributed by atoms with Crippen molar-refractivity contribution in [1.29, 1.82) is 0 Å². The summed E-state index contributed by atoms with van der Waals surface area (Å²) >= 11 is 0. The molecule has 0 saturated carbocycles. The molecule has 3 rings (SSSR count). The summed E-state index contributed by atoms with van der Waals surface area (Å²) in [4.78, 5) is 0. The van der Waals surface area contributed by atoms with Crippen molar-refractivity contribution < 1.29 is 5.94 Å². The minimum Gasteiger partial charge on any atom is -0.198 e. The average Bonchev–Trinajstić information content (AvgIpc) is 2.61. The molecule has 130 valence electrons. The average molecular weight is 334 g/mol. The van der Waals surface area contributed by atoms with E-state index in [0.29, 0.717) is 12.0 Å². The smallest absolute Gasteiger partial charge is 0.198 e. The van der Waals surface area contributed by atoms with Crippen LogP contribution >= 0.6 is 0 Å². The van der Waals surface area contributed by atoms with Crippen molar-refractivity contribution in [3.8, 4) is 11.3 Å². The fourth-order valence-corrected chi connectivity index (χ4v) is 3.60. The van der Waals surface area contributed by atoms with E-state index in [1.54, 1.807) is 0 Å². The van der Waals surface area contributed by atoms with Crippen LogP contribution in [0.2, 0.25) is 0 Å². The molecule has 1 nitrogen and oxygen atoms in total. The molecule has 0 unspecified atom stereocenters. The van der Waals surface area contributed by atoms with E-state index < -0.39 is 0 Å². The van der Waals surface area contributed by atoms with Gasteiger partial charge in [0.15, 0.2) is 5.69 Å². The van der Waals surface area contributed by atoms with Crippen LogP contribution in [0.25, 0.3) is 22.0 Å². The van der Waals surface area contributed by atoms with Gasteiger partial charge in [0.2, 0.25) is 5.69 Å². The summed E-state index contributed by atoms with van der Waals surface area (Å²) in [5.41, 5.74) is 7.45. The van der Waals surface area contributed by atoms with Gasteiger partial charge in [-0.15, -0.1) is 0 Å². The predicted octanol–water partition coefficient (Wildman–Crippen LogP) is 5.71. The van der Waals surface area contributed by atoms with E-state index in [9.17, 15) is 0 Å². The van der Waals surface area contributed by atoms with E-state index in [1.807, 2.05) is 0 Å². The largest absolute Gasteiger partial charge is 0.220 e. The van der Waals surface area contributed by atoms with E-state index in [0.717, 1.165) is 23.9 Å². The van der Waals surface area contributed by atoms with Crippen LogP contribution in [0.1, 0.15) is 44.5 Å². The van der Waals surface area contributed by atoms with Gasteiger partial charge in [0.25, 0.3) is 0 Å². The molecule has 25 heavy (non-hydrogen) atoms. The van der Waals surface area contributed by atoms with Gasteiger partial charge >= 0.3 is 0 Å². The molecule has 0 fully saturated rings. The number of fused-ring (bicyclic) bond motifs is 1. The summed E-state index contributed by atoms with van der Waals surface area (Å²) in [6, 6.07) is 14.1. The first-order valence-electron chi connectivity index (χ1n) is 9.85. The number of hydrogen-bond acceptors (Lipinski definition) is 0. The maximum atomic E-state index is 8.68. The van der Waals surface area contributed by atoms with E-state index in [-0.39, 0.29) is 0 Å². The number of nitrogens with zero attached hydrogens (tertiary/aromatic N) is 1. The molecule has 2 aromatic carbocycles. The van der Waals surface area contributed by atoms with Crippen LogP contribution in [0.5, 0.6) is 0 Å². The molecule has 3 aromatic rings. The molecule has 0 spiro atoms. The number of benzene rings is 2. The van der Waals surface area contributed by atoms with Crippen LogP contribution in [0, 0.1) is 19.8 Å². The summed E-state index contributed by atoms with van der Waals surface area (Å²) in [6.45, 7) is 10.9. The third kappa shape index (κ3) is 3.46. The van der Waals surface area contributed by atoms with E-state index in [1.165, 1.54) is 33.3 Å². The summed E-state index contributed by atoms with van der Waals surface area (Å²) in [7, 11) is 2.09. The summed E-state index contributed by atoms with van der Waals surface area (Å²) in [5.74, 6) is 0.616. The Hall–Kier alpha value is -2.15. The molecule has 0 N–H and O–H groups in total. The number of pyridine rings is 1. The fourth-order valence-electron chi connectivity index (χ4n) is 3.60. The highest BCUT2D eigenvalue weighted by Crippen LogP contribution is 2.30. The molecule has 0 saturated heterocycles. The van der Waals surface area contributed by atoms with Crippen LogP contribution in [0.4, 0.5) is 0 Å². The first kappa shape index (κ1) is 16.3. The number of hydrogen-bond donors (Lipinski definition) is 0. The monoisotopic (exact) mass is 333 g/mol. The Morgan fingerprint density at radius 3 is 2.44 bits per heavy atom. The molecule has 1 aromatic heterocycles. The maximum absolute atomic E-state index is 8.68. The molecular weight excluding hydrogens is 302 g/mol. The second-order valence-corrected chi connectivity index (χ2v) is 7.60. The van der Waals surface area contributed by atoms with Gasteiger partial charge in [0.05, 0.1) is 6.76 Å². The van der Waals surface area contributed by atoms with Gasteiger partial charge in [0, 0.05) is 18.5 Å². The minimum atomic E-state index is 0.616. The first-order valence-corrected chi connectivity index (χ1v) is 9.35. The second-order valence-electron chi connectivity index (χ2n) is 7.60. The van der Waals surface area contributed by atoms with Crippen LogP contribution in [0.15, 0.2) is 42.4 Å². The van der Waals surface area contributed by atoms with E-state index >= 15 is 0 Å². The molecule has 0 aliphatic heterocycles. The lowest BCUT2D eigenvalue weighted by molar-refractivity contribution is -0.665. The Kier molecular flexibility index (Phi) is 4.57. The Morgan fingerprint density at radius 2 is 1.76 bits per heavy atom. The van der Waals surface area contributed by atoms with Gasteiger partial charge in [0.1, 0.15) is 7.05 Å². The van der Waals surface area contributed by atoms with Crippen LogP contribution in [-0.2, 0) is 19.9 Å². The van der Waals surface area contributed by atoms with Gasteiger partial charge < -0.3 is 0 Å². The Morgan fingerprint density at radius 1 is 1.04 bits per heavy atom. The van der Waals surface area contributed by atoms with Crippen molar-refractivity contribution in [2.45, 2.75) is 47.5 Å². The second kappa shape index (κ2) is 7.00. The normalized spacial score (nSPS) is 12.0. The maximum Gasteiger partial charge on any atom is 0.220 e. The zero-order valence-corrected chi connectivity index (χ0v) is 16.4. The van der Waals surface area contributed by atoms with Crippen molar-refractivity contribution in [1.82, 2.24) is 0 Å². The predicted molar refractivity (Wildman–Crippen MR) is 108 cm³/mol. The van der Waals surface area contributed by atoms with Gasteiger partial charge in [-0.25, -0.2) is 0 Å². The molecule has 0 bridgehead atoms. The van der Waals surface area contributed by atoms with Crippen molar-refractivity contribution in [2.75, 3.05) is 0 Å². The van der Waals surface area contributed by atoms with Crippen LogP contribution in [0.3, 0.4) is 0 Å². The van der Waals surface area contributed by atoms with Crippen molar-refractivity contribution >= 4 is 10.8 Å². The van der Waals surface area contributed by atoms with Crippen molar-refractivity contribution in [2.24, 2.45) is 13.0 Å². The van der Waals surface area contributed by atoms with Crippen molar-refractivity contribution in [3.05, 3.63) is 64.8 Å². The van der Waals surface area contributed by atoms with Crippen LogP contribution < -0.4 is 4.57 Å². The topological polar surface area (TPSA) is 3.88 Å². The standard InChI is InChI=1S/C24H30N/c1-7-19-9-8-17(4)23(15-19)24-22-11-10-20(12-16(2)3)14-21(22)13-18(5)25(24)6/h8-11,13-16H,7,12H2,1-6H3/q+1/i13D. The van der Waals surface area contributed by atoms with Gasteiger partial charge in [-0.3, -0.25) is 0 Å². The summed E-state index contributed by atoms with van der Waals surface area (Å²) in [6.07, 6.45) is 2.08. The summed E-state index contributed by atoms with van der Waals surface area (Å²) in [5, 5.41) is 2.24. The molecular formula is C24H30N+. The number of aryl methyl sites for hydroxylation is 2. The number of aromatic nitrogens is 1. The molecule has 1 heteroatoms. The van der Waals surface area contributed by atoms with Gasteiger partial charge in [-0.1, -0.05) is 45.0 Å².